The number of amides is 2. The Balaban J connectivity index is 1.25. The molecule has 1 unspecified atom stereocenters. The van der Waals surface area contributed by atoms with Gasteiger partial charge in [-0.15, -0.1) is 0 Å². The molecule has 2 aliphatic carbocycles. The molecule has 2 aromatic rings. The number of hydrogen-bond donors (Lipinski definition) is 2. The molecule has 1 saturated heterocycles. The van der Waals surface area contributed by atoms with E-state index in [0.29, 0.717) is 19.4 Å². The molecule has 1 aliphatic heterocycles. The van der Waals surface area contributed by atoms with Gasteiger partial charge < -0.3 is 20.1 Å². The predicted molar refractivity (Wildman–Crippen MR) is 131 cm³/mol. The van der Waals surface area contributed by atoms with Crippen LogP contribution in [-0.2, 0) is 14.3 Å². The van der Waals surface area contributed by atoms with Crippen LogP contribution in [0.4, 0.5) is 4.79 Å². The Hall–Kier alpha value is -3.35. The molecule has 1 saturated carbocycles. The van der Waals surface area contributed by atoms with Crippen molar-refractivity contribution in [2.45, 2.75) is 62.9 Å². The average Bonchev–Trinajstić information content (AvgIpc) is 3.62. The number of likely N-dealkylation sites (tertiary alicyclic amines) is 1. The lowest BCUT2D eigenvalue weighted by Gasteiger charge is -2.28. The highest BCUT2D eigenvalue weighted by Gasteiger charge is 2.37. The molecule has 2 atom stereocenters. The molecule has 2 aromatic carbocycles. The van der Waals surface area contributed by atoms with E-state index < -0.39 is 18.1 Å². The number of carboxylic acid groups (broad SMARTS) is 1. The second-order valence-electron chi connectivity index (χ2n) is 9.91. The number of carbonyl (C=O) groups is 3. The third kappa shape index (κ3) is 4.77. The summed E-state index contributed by atoms with van der Waals surface area (Å²) < 4.78 is 5.73. The topological polar surface area (TPSA) is 95.9 Å². The maximum Gasteiger partial charge on any atom is 0.407 e. The van der Waals surface area contributed by atoms with Crippen LogP contribution in [0.25, 0.3) is 11.1 Å². The molecule has 0 spiro atoms. The van der Waals surface area contributed by atoms with Crippen LogP contribution in [0.3, 0.4) is 0 Å². The molecule has 1 heterocycles. The summed E-state index contributed by atoms with van der Waals surface area (Å²) in [5.74, 6) is -0.991. The number of carboxylic acids is 1. The maximum absolute atomic E-state index is 13.0. The van der Waals surface area contributed by atoms with Gasteiger partial charge in [-0.2, -0.15) is 0 Å². The van der Waals surface area contributed by atoms with Crippen molar-refractivity contribution < 1.29 is 24.2 Å². The quantitative estimate of drug-likeness (QED) is 0.611. The summed E-state index contributed by atoms with van der Waals surface area (Å²) in [7, 11) is 0. The summed E-state index contributed by atoms with van der Waals surface area (Å²) in [5, 5.41) is 12.4. The van der Waals surface area contributed by atoms with E-state index in [9.17, 15) is 19.5 Å². The maximum atomic E-state index is 13.0. The van der Waals surface area contributed by atoms with Crippen LogP contribution in [0.1, 0.15) is 62.0 Å². The van der Waals surface area contributed by atoms with Crippen LogP contribution in [0.5, 0.6) is 0 Å². The van der Waals surface area contributed by atoms with Gasteiger partial charge in [-0.3, -0.25) is 4.79 Å². The summed E-state index contributed by atoms with van der Waals surface area (Å²) in [5.41, 5.74) is 4.64. The molecule has 3 aliphatic rings. The zero-order valence-electron chi connectivity index (χ0n) is 19.8. The van der Waals surface area contributed by atoms with Crippen LogP contribution in [0.15, 0.2) is 48.5 Å². The number of rotatable bonds is 7. The molecule has 184 valence electrons. The highest BCUT2D eigenvalue weighted by atomic mass is 16.5. The van der Waals surface area contributed by atoms with E-state index in [1.165, 1.54) is 16.0 Å². The van der Waals surface area contributed by atoms with Gasteiger partial charge in [0, 0.05) is 24.9 Å². The van der Waals surface area contributed by atoms with Crippen molar-refractivity contribution in [1.29, 1.82) is 0 Å². The Kier molecular flexibility index (Phi) is 6.75. The first kappa shape index (κ1) is 23.4. The first-order chi connectivity index (χ1) is 17.0. The number of fused-ring (bicyclic) bond motifs is 3. The molecule has 7 heteroatoms. The molecule has 0 aromatic heterocycles. The van der Waals surface area contributed by atoms with Gasteiger partial charge in [-0.05, 0) is 53.9 Å². The zero-order chi connectivity index (χ0) is 24.4. The molecular formula is C28H32N2O5. The van der Waals surface area contributed by atoms with Crippen LogP contribution in [0.2, 0.25) is 0 Å². The number of benzene rings is 2. The summed E-state index contributed by atoms with van der Waals surface area (Å²) in [6, 6.07) is 15.3. The summed E-state index contributed by atoms with van der Waals surface area (Å²) in [4.78, 5) is 38.9. The van der Waals surface area contributed by atoms with Crippen molar-refractivity contribution in [2.24, 2.45) is 5.92 Å². The summed E-state index contributed by atoms with van der Waals surface area (Å²) in [6.45, 7) is 0.677. The molecule has 35 heavy (non-hydrogen) atoms. The molecule has 7 nitrogen and oxygen atoms in total. The number of hydrogen-bond acceptors (Lipinski definition) is 4. The zero-order valence-corrected chi connectivity index (χ0v) is 19.8. The van der Waals surface area contributed by atoms with Gasteiger partial charge >= 0.3 is 12.1 Å². The smallest absolute Gasteiger partial charge is 0.407 e. The summed E-state index contributed by atoms with van der Waals surface area (Å²) in [6.07, 6.45) is 4.80. The van der Waals surface area contributed by atoms with Crippen molar-refractivity contribution >= 4 is 18.0 Å². The molecule has 0 bridgehead atoms. The monoisotopic (exact) mass is 476 g/mol. The third-order valence-electron chi connectivity index (χ3n) is 7.87. The lowest BCUT2D eigenvalue weighted by atomic mass is 9.94. The van der Waals surface area contributed by atoms with E-state index in [1.54, 1.807) is 0 Å². The van der Waals surface area contributed by atoms with Gasteiger partial charge in [0.15, 0.2) is 0 Å². The second-order valence-corrected chi connectivity index (χ2v) is 9.91. The number of ether oxygens (including phenoxy) is 1. The Bertz CT molecular complexity index is 1060. The molecule has 0 radical (unpaired) electrons. The minimum absolute atomic E-state index is 0.0272. The Morgan fingerprint density at radius 1 is 0.943 bits per heavy atom. The van der Waals surface area contributed by atoms with Gasteiger partial charge in [-0.25, -0.2) is 9.59 Å². The highest BCUT2D eigenvalue weighted by Crippen LogP contribution is 2.44. The Labute approximate surface area is 205 Å². The van der Waals surface area contributed by atoms with Gasteiger partial charge in [-0.1, -0.05) is 61.4 Å². The van der Waals surface area contributed by atoms with Crippen molar-refractivity contribution in [3.05, 3.63) is 59.7 Å². The number of nitrogens with zero attached hydrogens (tertiary/aromatic N) is 1. The molecule has 2 N–H and O–H groups in total. The van der Waals surface area contributed by atoms with Crippen molar-refractivity contribution in [3.63, 3.8) is 0 Å². The van der Waals surface area contributed by atoms with E-state index in [4.69, 9.17) is 4.74 Å². The van der Waals surface area contributed by atoms with Crippen molar-refractivity contribution in [1.82, 2.24) is 10.2 Å². The van der Waals surface area contributed by atoms with E-state index >= 15 is 0 Å². The minimum atomic E-state index is -0.960. The summed E-state index contributed by atoms with van der Waals surface area (Å²) >= 11 is 0. The van der Waals surface area contributed by atoms with E-state index in [2.05, 4.69) is 29.6 Å². The number of aliphatic carboxylic acids is 1. The van der Waals surface area contributed by atoms with Crippen LogP contribution < -0.4 is 5.32 Å². The van der Waals surface area contributed by atoms with Gasteiger partial charge in [0.1, 0.15) is 12.6 Å². The Morgan fingerprint density at radius 2 is 1.57 bits per heavy atom. The fraction of sp³-hybridized carbons (Fsp3) is 0.464. The lowest BCUT2D eigenvalue weighted by molar-refractivity contribution is -0.148. The van der Waals surface area contributed by atoms with Crippen molar-refractivity contribution in [2.75, 3.05) is 13.2 Å². The van der Waals surface area contributed by atoms with Gasteiger partial charge in [0.05, 0.1) is 0 Å². The number of nitrogens with one attached hydrogen (secondary N) is 1. The second kappa shape index (κ2) is 10.1. The van der Waals surface area contributed by atoms with Gasteiger partial charge in [0.25, 0.3) is 0 Å². The number of alkyl carbamates (subject to hydrolysis) is 1. The number of carbonyl (C=O) groups excluding carboxylic acids is 2. The van der Waals surface area contributed by atoms with Crippen molar-refractivity contribution in [3.8, 4) is 11.1 Å². The third-order valence-corrected chi connectivity index (χ3v) is 7.87. The van der Waals surface area contributed by atoms with E-state index in [-0.39, 0.29) is 36.8 Å². The van der Waals surface area contributed by atoms with Crippen LogP contribution >= 0.6 is 0 Å². The first-order valence-electron chi connectivity index (χ1n) is 12.7. The standard InChI is InChI=1S/C28H32N2O5/c31-26(30-15-7-14-25(30)27(32)33)16-24(18-8-1-2-9-18)29-28(34)35-17-23-21-12-5-3-10-19(21)20-11-4-6-13-22(20)23/h3-6,10-13,18,23-25H,1-2,7-9,14-17H2,(H,29,34)(H,32,33)/t24?,25-/m1/s1. The highest BCUT2D eigenvalue weighted by molar-refractivity contribution is 5.85. The van der Waals surface area contributed by atoms with Gasteiger partial charge in [0.2, 0.25) is 5.91 Å². The fourth-order valence-electron chi connectivity index (χ4n) is 6.11. The average molecular weight is 477 g/mol. The first-order valence-corrected chi connectivity index (χ1v) is 12.7. The largest absolute Gasteiger partial charge is 0.480 e. The molecule has 5 rings (SSSR count). The normalized spacial score (nSPS) is 20.3. The van der Waals surface area contributed by atoms with E-state index in [1.807, 2.05) is 24.3 Å². The van der Waals surface area contributed by atoms with E-state index in [0.717, 1.165) is 36.8 Å². The molecule has 2 amide bonds. The fourth-order valence-corrected chi connectivity index (χ4v) is 6.11. The lowest BCUT2D eigenvalue weighted by Crippen LogP contribution is -2.47. The Morgan fingerprint density at radius 3 is 2.20 bits per heavy atom. The van der Waals surface area contributed by atoms with Crippen LogP contribution in [-0.4, -0.2) is 53.2 Å². The SMILES string of the molecule is O=C(NC(CC(=O)N1CCC[C@@H]1C(=O)O)C1CCCC1)OCC1c2ccccc2-c2ccccc21. The predicted octanol–water partition coefficient (Wildman–Crippen LogP) is 4.55. The minimum Gasteiger partial charge on any atom is -0.480 e. The molecular weight excluding hydrogens is 444 g/mol. The van der Waals surface area contributed by atoms with Crippen LogP contribution in [0, 0.1) is 5.92 Å². The molecule has 2 fully saturated rings.